The van der Waals surface area contributed by atoms with Crippen LogP contribution in [0, 0.1) is 0 Å². The number of aliphatic carboxylic acids is 1. The zero-order valence-electron chi connectivity index (χ0n) is 13.0. The van der Waals surface area contributed by atoms with E-state index in [9.17, 15) is 18.3 Å². The normalized spacial score (nSPS) is 22.4. The molecule has 0 radical (unpaired) electrons. The van der Waals surface area contributed by atoms with Gasteiger partial charge in [0.2, 0.25) is 0 Å². The van der Waals surface area contributed by atoms with Gasteiger partial charge in [0, 0.05) is 23.0 Å². The van der Waals surface area contributed by atoms with Gasteiger partial charge in [-0.1, -0.05) is 29.8 Å². The lowest BCUT2D eigenvalue weighted by molar-refractivity contribution is -0.143. The standard InChI is InChI=1S/C15H16ClNO6S2/c16-12-4-2-1-3-11(12)14(15(18)19)17-7-5-13-10(9-17)6-8-24(13)23-25(20,21)22/h1-4,8,14H,5-7,9H2,(H,18,19)(H,20,21,22)/t14-,24?/m0/s1. The molecule has 2 atom stereocenters. The molecule has 0 spiro atoms. The molecule has 0 aliphatic carbocycles. The number of carboxylic acids is 1. The summed E-state index contributed by atoms with van der Waals surface area (Å²) in [6, 6.07) is 5.95. The molecule has 25 heavy (non-hydrogen) atoms. The third kappa shape index (κ3) is 4.13. The number of nitrogens with zero attached hydrogens (tertiary/aromatic N) is 1. The van der Waals surface area contributed by atoms with Crippen LogP contribution in [0.3, 0.4) is 0 Å². The minimum Gasteiger partial charge on any atom is -0.480 e. The molecule has 2 heterocycles. The lowest BCUT2D eigenvalue weighted by Crippen LogP contribution is -2.38. The molecule has 0 saturated carbocycles. The molecule has 0 saturated heterocycles. The summed E-state index contributed by atoms with van der Waals surface area (Å²) in [5.41, 5.74) is 1.45. The average Bonchev–Trinajstić information content (AvgIpc) is 2.90. The maximum atomic E-state index is 11.8. The summed E-state index contributed by atoms with van der Waals surface area (Å²) in [5, 5.41) is 11.8. The molecular weight excluding hydrogens is 390 g/mol. The molecular formula is C15H16ClNO6S2. The number of rotatable bonds is 5. The molecule has 0 bridgehead atoms. The summed E-state index contributed by atoms with van der Waals surface area (Å²) in [5.74, 6) is -0.993. The number of hydrogen-bond donors (Lipinski definition) is 2. The molecule has 3 rings (SSSR count). The van der Waals surface area contributed by atoms with Crippen molar-refractivity contribution >= 4 is 44.1 Å². The van der Waals surface area contributed by atoms with E-state index in [1.807, 2.05) is 0 Å². The first-order valence-corrected chi connectivity index (χ1v) is 10.4. The number of halogens is 1. The van der Waals surface area contributed by atoms with Gasteiger partial charge in [0.25, 0.3) is 0 Å². The van der Waals surface area contributed by atoms with Gasteiger partial charge in [-0.05, 0) is 46.2 Å². The summed E-state index contributed by atoms with van der Waals surface area (Å²) >= 11 is 6.17. The van der Waals surface area contributed by atoms with Crippen LogP contribution in [-0.2, 0) is 18.8 Å². The monoisotopic (exact) mass is 405 g/mol. The topological polar surface area (TPSA) is 104 Å². The van der Waals surface area contributed by atoms with Crippen molar-refractivity contribution in [2.24, 2.45) is 0 Å². The Morgan fingerprint density at radius 2 is 2.08 bits per heavy atom. The van der Waals surface area contributed by atoms with Crippen molar-refractivity contribution in [3.63, 3.8) is 0 Å². The van der Waals surface area contributed by atoms with Crippen LogP contribution < -0.4 is 0 Å². The van der Waals surface area contributed by atoms with Crippen molar-refractivity contribution in [3.05, 3.63) is 45.3 Å². The van der Waals surface area contributed by atoms with Crippen LogP contribution in [0.4, 0.5) is 0 Å². The molecule has 0 fully saturated rings. The van der Waals surface area contributed by atoms with Crippen LogP contribution >= 0.6 is 22.4 Å². The highest BCUT2D eigenvalue weighted by atomic mass is 35.5. The zero-order valence-corrected chi connectivity index (χ0v) is 15.4. The van der Waals surface area contributed by atoms with Crippen molar-refractivity contribution in [3.8, 4) is 0 Å². The Morgan fingerprint density at radius 3 is 2.72 bits per heavy atom. The van der Waals surface area contributed by atoms with Crippen LogP contribution in [0.15, 0.2) is 34.7 Å². The van der Waals surface area contributed by atoms with Crippen molar-refractivity contribution in [2.45, 2.75) is 18.9 Å². The summed E-state index contributed by atoms with van der Waals surface area (Å²) in [7, 11) is -5.61. The third-order valence-electron chi connectivity index (χ3n) is 4.10. The molecule has 1 aromatic rings. The lowest BCUT2D eigenvalue weighted by Gasteiger charge is -2.34. The fourth-order valence-electron chi connectivity index (χ4n) is 3.10. The maximum absolute atomic E-state index is 11.8. The summed E-state index contributed by atoms with van der Waals surface area (Å²) < 4.78 is 35.5. The Bertz CT molecular complexity index is 880. The average molecular weight is 406 g/mol. The molecule has 7 nitrogen and oxygen atoms in total. The fourth-order valence-corrected chi connectivity index (χ4v) is 5.91. The molecule has 10 heteroatoms. The van der Waals surface area contributed by atoms with Crippen molar-refractivity contribution in [1.29, 1.82) is 0 Å². The Balaban J connectivity index is 1.84. The molecule has 2 N–H and O–H groups in total. The Kier molecular flexibility index (Phi) is 5.33. The number of carbonyl (C=O) groups is 1. The van der Waals surface area contributed by atoms with Gasteiger partial charge in [0.1, 0.15) is 6.04 Å². The highest BCUT2D eigenvalue weighted by Gasteiger charge is 2.34. The molecule has 2 aliphatic heterocycles. The van der Waals surface area contributed by atoms with Crippen molar-refractivity contribution in [1.82, 2.24) is 4.90 Å². The Morgan fingerprint density at radius 1 is 1.36 bits per heavy atom. The fraction of sp³-hybridized carbons (Fsp3) is 0.333. The first kappa shape index (κ1) is 18.6. The van der Waals surface area contributed by atoms with E-state index < -0.39 is 33.2 Å². The smallest absolute Gasteiger partial charge is 0.408 e. The lowest BCUT2D eigenvalue weighted by atomic mass is 10.0. The van der Waals surface area contributed by atoms with E-state index >= 15 is 0 Å². The number of carboxylic acid groups (broad SMARTS) is 1. The van der Waals surface area contributed by atoms with E-state index in [0.29, 0.717) is 36.5 Å². The van der Waals surface area contributed by atoms with Crippen LogP contribution in [-0.4, -0.2) is 47.4 Å². The van der Waals surface area contributed by atoms with Gasteiger partial charge in [-0.15, -0.1) is 0 Å². The Hall–Kier alpha value is -1.23. The highest BCUT2D eigenvalue weighted by molar-refractivity contribution is 8.18. The van der Waals surface area contributed by atoms with Gasteiger partial charge in [0.05, 0.1) is 0 Å². The van der Waals surface area contributed by atoms with Crippen LogP contribution in [0.2, 0.25) is 5.02 Å². The zero-order chi connectivity index (χ0) is 18.2. The van der Waals surface area contributed by atoms with E-state index in [2.05, 4.69) is 0 Å². The number of hydrogen-bond acceptors (Lipinski definition) is 5. The van der Waals surface area contributed by atoms with E-state index in [-0.39, 0.29) is 0 Å². The quantitative estimate of drug-likeness (QED) is 0.573. The first-order chi connectivity index (χ1) is 11.8. The van der Waals surface area contributed by atoms with E-state index in [1.165, 1.54) is 0 Å². The SMILES string of the molecule is O=C(O)[C@H](c1ccccc1Cl)N1CCC2=C(CC=S2OS(=O)(=O)O)C1. The predicted molar refractivity (Wildman–Crippen MR) is 96.0 cm³/mol. The van der Waals surface area contributed by atoms with Gasteiger partial charge >= 0.3 is 16.4 Å². The number of benzene rings is 1. The summed E-state index contributed by atoms with van der Waals surface area (Å²) in [6.07, 6.45) is 0.970. The van der Waals surface area contributed by atoms with E-state index in [1.54, 1.807) is 34.5 Å². The van der Waals surface area contributed by atoms with Gasteiger partial charge in [-0.3, -0.25) is 14.2 Å². The Labute approximate surface area is 152 Å². The third-order valence-corrected chi connectivity index (χ3v) is 7.16. The molecule has 2 aliphatic rings. The largest absolute Gasteiger partial charge is 0.480 e. The summed E-state index contributed by atoms with van der Waals surface area (Å²) in [4.78, 5) is 14.5. The van der Waals surface area contributed by atoms with Crippen molar-refractivity contribution in [2.75, 3.05) is 13.1 Å². The van der Waals surface area contributed by atoms with Gasteiger partial charge < -0.3 is 5.11 Å². The van der Waals surface area contributed by atoms with Crippen LogP contribution in [0.25, 0.3) is 0 Å². The molecule has 1 unspecified atom stereocenters. The summed E-state index contributed by atoms with van der Waals surface area (Å²) in [6.45, 7) is 0.805. The van der Waals surface area contributed by atoms with Crippen LogP contribution in [0.1, 0.15) is 24.4 Å². The van der Waals surface area contributed by atoms with Crippen LogP contribution in [0.5, 0.6) is 0 Å². The van der Waals surface area contributed by atoms with Gasteiger partial charge in [0.15, 0.2) is 0 Å². The molecule has 0 aromatic heterocycles. The van der Waals surface area contributed by atoms with Gasteiger partial charge in [-0.2, -0.15) is 12.0 Å². The molecule has 0 amide bonds. The van der Waals surface area contributed by atoms with Crippen molar-refractivity contribution < 1.29 is 26.5 Å². The first-order valence-electron chi connectivity index (χ1n) is 7.42. The van der Waals surface area contributed by atoms with E-state index in [0.717, 1.165) is 10.5 Å². The second-order valence-corrected chi connectivity index (χ2v) is 8.90. The molecule has 1 aromatic carbocycles. The second-order valence-electron chi connectivity index (χ2n) is 5.67. The minimum atomic E-state index is -4.53. The maximum Gasteiger partial charge on any atom is 0.408 e. The minimum absolute atomic E-state index is 0.381. The van der Waals surface area contributed by atoms with Gasteiger partial charge in [-0.25, -0.2) is 0 Å². The second kappa shape index (κ2) is 7.18. The predicted octanol–water partition coefficient (Wildman–Crippen LogP) is 2.63. The molecule has 136 valence electrons. The van der Waals surface area contributed by atoms with E-state index in [4.69, 9.17) is 19.8 Å². The highest BCUT2D eigenvalue weighted by Crippen LogP contribution is 2.43.